The molecule has 0 aliphatic carbocycles. The number of nitrogens with zero attached hydrogens (tertiary/aromatic N) is 2. The standard InChI is InChI=1S/C17H27FN4.HI/c1-4-22-9-5-6-15(22)12-21-17(19-3)20-11-14-8-7-13(2)16(18)10-14;/h7-8,10,15H,4-6,9,11-12H2,1-3H3,(H2,19,20,21);1H. The predicted octanol–water partition coefficient (Wildman–Crippen LogP) is 2.90. The molecule has 1 atom stereocenters. The molecule has 1 aromatic rings. The van der Waals surface area contributed by atoms with E-state index >= 15 is 0 Å². The number of likely N-dealkylation sites (N-methyl/N-ethyl adjacent to an activating group) is 1. The minimum absolute atomic E-state index is 0. The van der Waals surface area contributed by atoms with Crippen LogP contribution in [-0.2, 0) is 6.54 Å². The summed E-state index contributed by atoms with van der Waals surface area (Å²) in [5.41, 5.74) is 1.59. The summed E-state index contributed by atoms with van der Waals surface area (Å²) in [7, 11) is 1.76. The van der Waals surface area contributed by atoms with E-state index in [2.05, 4.69) is 27.4 Å². The number of aliphatic imine (C=N–C) groups is 1. The summed E-state index contributed by atoms with van der Waals surface area (Å²) in [6, 6.07) is 5.90. The van der Waals surface area contributed by atoms with Gasteiger partial charge >= 0.3 is 0 Å². The minimum atomic E-state index is -0.160. The largest absolute Gasteiger partial charge is 0.355 e. The first-order valence-electron chi connectivity index (χ1n) is 8.07. The van der Waals surface area contributed by atoms with Gasteiger partial charge in [0.25, 0.3) is 0 Å². The lowest BCUT2D eigenvalue weighted by atomic mass is 10.1. The summed E-state index contributed by atoms with van der Waals surface area (Å²) in [4.78, 5) is 6.73. The van der Waals surface area contributed by atoms with E-state index in [4.69, 9.17) is 0 Å². The van der Waals surface area contributed by atoms with Gasteiger partial charge in [-0.3, -0.25) is 9.89 Å². The van der Waals surface area contributed by atoms with Gasteiger partial charge in [-0.05, 0) is 50.0 Å². The van der Waals surface area contributed by atoms with Crippen LogP contribution in [0.4, 0.5) is 4.39 Å². The third-order valence-corrected chi connectivity index (χ3v) is 4.33. The zero-order valence-electron chi connectivity index (χ0n) is 14.2. The maximum Gasteiger partial charge on any atom is 0.191 e. The molecule has 130 valence electrons. The van der Waals surface area contributed by atoms with Crippen LogP contribution in [0.5, 0.6) is 0 Å². The highest BCUT2D eigenvalue weighted by molar-refractivity contribution is 14.0. The fourth-order valence-corrected chi connectivity index (χ4v) is 2.91. The van der Waals surface area contributed by atoms with Gasteiger partial charge in [-0.1, -0.05) is 19.1 Å². The van der Waals surface area contributed by atoms with E-state index in [0.29, 0.717) is 18.2 Å². The second-order valence-electron chi connectivity index (χ2n) is 5.81. The van der Waals surface area contributed by atoms with Crippen molar-refractivity contribution in [3.8, 4) is 0 Å². The molecule has 0 spiro atoms. The molecule has 0 aromatic heterocycles. The van der Waals surface area contributed by atoms with Crippen LogP contribution in [0.3, 0.4) is 0 Å². The third-order valence-electron chi connectivity index (χ3n) is 4.33. The summed E-state index contributed by atoms with van der Waals surface area (Å²) in [5.74, 6) is 0.607. The molecule has 6 heteroatoms. The highest BCUT2D eigenvalue weighted by Gasteiger charge is 2.22. The number of likely N-dealkylation sites (tertiary alicyclic amines) is 1. The van der Waals surface area contributed by atoms with Gasteiger partial charge in [-0.25, -0.2) is 4.39 Å². The molecular formula is C17H28FIN4. The molecule has 0 bridgehead atoms. The highest BCUT2D eigenvalue weighted by atomic mass is 127. The van der Waals surface area contributed by atoms with E-state index in [1.54, 1.807) is 26.1 Å². The lowest BCUT2D eigenvalue weighted by molar-refractivity contribution is 0.267. The molecule has 1 aliphatic rings. The molecule has 4 nitrogen and oxygen atoms in total. The summed E-state index contributed by atoms with van der Waals surface area (Å²) in [6.07, 6.45) is 2.51. The molecule has 2 N–H and O–H groups in total. The van der Waals surface area contributed by atoms with Crippen LogP contribution in [0, 0.1) is 12.7 Å². The Morgan fingerprint density at radius 2 is 2.17 bits per heavy atom. The predicted molar refractivity (Wildman–Crippen MR) is 105 cm³/mol. The summed E-state index contributed by atoms with van der Waals surface area (Å²) in [5, 5.41) is 6.62. The van der Waals surface area contributed by atoms with Crippen LogP contribution in [-0.4, -0.2) is 43.6 Å². The zero-order valence-corrected chi connectivity index (χ0v) is 16.6. The van der Waals surface area contributed by atoms with Gasteiger partial charge < -0.3 is 10.6 Å². The van der Waals surface area contributed by atoms with Gasteiger partial charge in [0.2, 0.25) is 0 Å². The molecule has 0 saturated carbocycles. The van der Waals surface area contributed by atoms with E-state index < -0.39 is 0 Å². The summed E-state index contributed by atoms with van der Waals surface area (Å²) >= 11 is 0. The molecule has 1 fully saturated rings. The second kappa shape index (κ2) is 10.1. The van der Waals surface area contributed by atoms with E-state index in [1.165, 1.54) is 19.4 Å². The van der Waals surface area contributed by atoms with Crippen molar-refractivity contribution in [1.82, 2.24) is 15.5 Å². The number of benzene rings is 1. The smallest absolute Gasteiger partial charge is 0.191 e. The van der Waals surface area contributed by atoms with Crippen LogP contribution in [0.2, 0.25) is 0 Å². The van der Waals surface area contributed by atoms with Crippen molar-refractivity contribution in [3.05, 3.63) is 35.1 Å². The summed E-state index contributed by atoms with van der Waals surface area (Å²) in [6.45, 7) is 7.73. The number of hydrogen-bond acceptors (Lipinski definition) is 2. The molecule has 0 radical (unpaired) electrons. The van der Waals surface area contributed by atoms with Gasteiger partial charge in [-0.2, -0.15) is 0 Å². The van der Waals surface area contributed by atoms with Crippen LogP contribution in [0.1, 0.15) is 30.9 Å². The van der Waals surface area contributed by atoms with Gasteiger partial charge in [0.05, 0.1) is 0 Å². The molecule has 2 rings (SSSR count). The van der Waals surface area contributed by atoms with Crippen molar-refractivity contribution in [1.29, 1.82) is 0 Å². The fraction of sp³-hybridized carbons (Fsp3) is 0.588. The number of rotatable bonds is 5. The monoisotopic (exact) mass is 434 g/mol. The Kier molecular flexibility index (Phi) is 8.83. The lowest BCUT2D eigenvalue weighted by Gasteiger charge is -2.24. The molecule has 1 heterocycles. The number of aryl methyl sites for hydroxylation is 1. The van der Waals surface area contributed by atoms with Crippen molar-refractivity contribution in [2.24, 2.45) is 4.99 Å². The Morgan fingerprint density at radius 3 is 2.83 bits per heavy atom. The van der Waals surface area contributed by atoms with Crippen LogP contribution >= 0.6 is 24.0 Å². The van der Waals surface area contributed by atoms with E-state index in [-0.39, 0.29) is 29.8 Å². The number of nitrogens with one attached hydrogen (secondary N) is 2. The van der Waals surface area contributed by atoms with Crippen LogP contribution in [0.15, 0.2) is 23.2 Å². The highest BCUT2D eigenvalue weighted by Crippen LogP contribution is 2.15. The Hall–Kier alpha value is -0.890. The van der Waals surface area contributed by atoms with E-state index in [0.717, 1.165) is 24.6 Å². The van der Waals surface area contributed by atoms with Gasteiger partial charge in [0.1, 0.15) is 5.82 Å². The first-order valence-corrected chi connectivity index (χ1v) is 8.07. The number of guanidine groups is 1. The quantitative estimate of drug-likeness (QED) is 0.426. The molecule has 0 amide bonds. The van der Waals surface area contributed by atoms with Crippen molar-refractivity contribution in [2.45, 2.75) is 39.3 Å². The maximum atomic E-state index is 13.5. The second-order valence-corrected chi connectivity index (χ2v) is 5.81. The molecule has 1 aliphatic heterocycles. The SMILES string of the molecule is CCN1CCCC1CNC(=NC)NCc1ccc(C)c(F)c1.I. The minimum Gasteiger partial charge on any atom is -0.355 e. The van der Waals surface area contributed by atoms with Gasteiger partial charge in [0, 0.05) is 26.2 Å². The normalized spacial score (nSPS) is 18.6. The zero-order chi connectivity index (χ0) is 15.9. The van der Waals surface area contributed by atoms with E-state index in [1.807, 2.05) is 6.07 Å². The van der Waals surface area contributed by atoms with Crippen LogP contribution < -0.4 is 10.6 Å². The van der Waals surface area contributed by atoms with Gasteiger partial charge in [0.15, 0.2) is 5.96 Å². The molecular weight excluding hydrogens is 406 g/mol. The Bertz CT molecular complexity index is 521. The first-order chi connectivity index (χ1) is 10.6. The van der Waals surface area contributed by atoms with Crippen molar-refractivity contribution in [2.75, 3.05) is 26.7 Å². The Balaban J connectivity index is 0.00000264. The molecule has 1 aromatic carbocycles. The number of halogens is 2. The van der Waals surface area contributed by atoms with Crippen molar-refractivity contribution in [3.63, 3.8) is 0 Å². The maximum absolute atomic E-state index is 13.5. The first kappa shape index (κ1) is 20.2. The average Bonchev–Trinajstić information content (AvgIpc) is 2.98. The van der Waals surface area contributed by atoms with Crippen LogP contribution in [0.25, 0.3) is 0 Å². The van der Waals surface area contributed by atoms with E-state index in [9.17, 15) is 4.39 Å². The average molecular weight is 434 g/mol. The van der Waals surface area contributed by atoms with Gasteiger partial charge in [-0.15, -0.1) is 24.0 Å². The third kappa shape index (κ3) is 5.91. The molecule has 1 saturated heterocycles. The number of hydrogen-bond donors (Lipinski definition) is 2. The van der Waals surface area contributed by atoms with Crippen molar-refractivity contribution >= 4 is 29.9 Å². The molecule has 23 heavy (non-hydrogen) atoms. The summed E-state index contributed by atoms with van der Waals surface area (Å²) < 4.78 is 13.5. The Labute approximate surface area is 156 Å². The molecule has 1 unspecified atom stereocenters. The fourth-order valence-electron chi connectivity index (χ4n) is 2.91. The Morgan fingerprint density at radius 1 is 1.39 bits per heavy atom. The lowest BCUT2D eigenvalue weighted by Crippen LogP contribution is -2.44. The van der Waals surface area contributed by atoms with Crippen molar-refractivity contribution < 1.29 is 4.39 Å². The topological polar surface area (TPSA) is 39.7 Å².